The van der Waals surface area contributed by atoms with E-state index in [0.29, 0.717) is 5.75 Å². The predicted molar refractivity (Wildman–Crippen MR) is 88.6 cm³/mol. The van der Waals surface area contributed by atoms with E-state index in [1.54, 1.807) is 23.6 Å². The van der Waals surface area contributed by atoms with Crippen LogP contribution in [0.4, 0.5) is 0 Å². The van der Waals surface area contributed by atoms with Gasteiger partial charge in [0.25, 0.3) is 0 Å². The Balaban J connectivity index is 2.22. The molecule has 0 aromatic carbocycles. The van der Waals surface area contributed by atoms with Crippen LogP contribution in [0.2, 0.25) is 0 Å². The molecule has 0 bridgehead atoms. The molecular formula is C17H16N2O3S. The number of hydrogen-bond donors (Lipinski definition) is 0. The second kappa shape index (κ2) is 7.29. The van der Waals surface area contributed by atoms with Crippen LogP contribution in [0.15, 0.2) is 11.3 Å². The molecule has 2 aliphatic rings. The average molecular weight is 328 g/mol. The number of fused-ring (bicyclic) bond motifs is 1. The summed E-state index contributed by atoms with van der Waals surface area (Å²) >= 11 is 1.58. The van der Waals surface area contributed by atoms with Crippen molar-refractivity contribution in [1.82, 2.24) is 9.80 Å². The number of hydrogen-bond acceptors (Lipinski definition) is 5. The van der Waals surface area contributed by atoms with Crippen LogP contribution in [0.1, 0.15) is 6.92 Å². The van der Waals surface area contributed by atoms with Crippen molar-refractivity contribution in [3.05, 3.63) is 11.3 Å². The van der Waals surface area contributed by atoms with Crippen LogP contribution in [-0.4, -0.2) is 58.5 Å². The van der Waals surface area contributed by atoms with Crippen molar-refractivity contribution in [2.75, 3.05) is 25.4 Å². The van der Waals surface area contributed by atoms with E-state index < -0.39 is 12.0 Å². The molecule has 0 aromatic heterocycles. The van der Waals surface area contributed by atoms with Crippen LogP contribution >= 0.6 is 11.8 Å². The summed E-state index contributed by atoms with van der Waals surface area (Å²) < 4.78 is 4.98. The minimum absolute atomic E-state index is 0.126. The molecule has 0 aliphatic carbocycles. The first kappa shape index (κ1) is 17.0. The Hall–Kier alpha value is -2.33. The van der Waals surface area contributed by atoms with Crippen LogP contribution in [0.25, 0.3) is 0 Å². The van der Waals surface area contributed by atoms with Crippen molar-refractivity contribution in [3.63, 3.8) is 0 Å². The number of ether oxygens (including phenoxy) is 1. The van der Waals surface area contributed by atoms with Gasteiger partial charge in [0, 0.05) is 5.75 Å². The number of amides is 1. The molecule has 2 rings (SSSR count). The maximum atomic E-state index is 12.6. The summed E-state index contributed by atoms with van der Waals surface area (Å²) in [5, 5.41) is -0.193. The van der Waals surface area contributed by atoms with Crippen LogP contribution in [-0.2, 0) is 14.3 Å². The first-order valence-corrected chi connectivity index (χ1v) is 7.97. The van der Waals surface area contributed by atoms with E-state index in [1.807, 2.05) is 0 Å². The zero-order valence-corrected chi connectivity index (χ0v) is 13.6. The van der Waals surface area contributed by atoms with Crippen LogP contribution in [0.3, 0.4) is 0 Å². The highest BCUT2D eigenvalue weighted by molar-refractivity contribution is 8.00. The molecule has 1 fully saturated rings. The lowest BCUT2D eigenvalue weighted by Crippen LogP contribution is -2.70. The van der Waals surface area contributed by atoms with Crippen molar-refractivity contribution < 1.29 is 14.3 Å². The Morgan fingerprint density at radius 1 is 1.35 bits per heavy atom. The molecule has 0 N–H and O–H groups in total. The molecule has 2 atom stereocenters. The van der Waals surface area contributed by atoms with E-state index >= 15 is 0 Å². The number of esters is 1. The normalized spacial score (nSPS) is 22.6. The highest BCUT2D eigenvalue weighted by Crippen LogP contribution is 2.42. The summed E-state index contributed by atoms with van der Waals surface area (Å²) in [5.74, 6) is 7.13. The topological polar surface area (TPSA) is 49.9 Å². The number of rotatable bonds is 5. The third kappa shape index (κ3) is 3.08. The third-order valence-electron chi connectivity index (χ3n) is 3.59. The number of carbonyl (C=O) groups is 2. The number of β-lactam (4-membered cyclic amide) rings is 1. The average Bonchev–Trinajstić information content (AvgIpc) is 2.53. The minimum Gasteiger partial charge on any atom is -0.448 e. The fraction of sp³-hybridized carbons (Fsp3) is 0.412. The number of nitrogens with zero attached hydrogens (tertiary/aromatic N) is 2. The van der Waals surface area contributed by atoms with Gasteiger partial charge in [-0.05, 0) is 12.5 Å². The van der Waals surface area contributed by atoms with Gasteiger partial charge in [-0.15, -0.1) is 31.0 Å². The van der Waals surface area contributed by atoms with E-state index in [0.717, 1.165) is 5.57 Å². The molecule has 0 aromatic rings. The SMILES string of the molecule is C#CCOC(=O)C1=C(C)CS[C@@H]2[C@H](N(CC#C)CC#C)C(=O)N12. The van der Waals surface area contributed by atoms with Gasteiger partial charge in [0.2, 0.25) is 5.91 Å². The lowest BCUT2D eigenvalue weighted by Gasteiger charge is -2.52. The van der Waals surface area contributed by atoms with Crippen molar-refractivity contribution in [3.8, 4) is 37.0 Å². The summed E-state index contributed by atoms with van der Waals surface area (Å²) in [6.07, 6.45) is 15.8. The fourth-order valence-corrected chi connectivity index (χ4v) is 3.99. The lowest BCUT2D eigenvalue weighted by atomic mass is 10.0. The van der Waals surface area contributed by atoms with Gasteiger partial charge >= 0.3 is 5.97 Å². The molecular weight excluding hydrogens is 312 g/mol. The first-order chi connectivity index (χ1) is 11.1. The molecule has 0 saturated carbocycles. The van der Waals surface area contributed by atoms with Crippen molar-refractivity contribution in [1.29, 1.82) is 0 Å². The first-order valence-electron chi connectivity index (χ1n) is 6.92. The minimum atomic E-state index is -0.571. The van der Waals surface area contributed by atoms with Gasteiger partial charge in [0.05, 0.1) is 13.1 Å². The lowest BCUT2D eigenvalue weighted by molar-refractivity contribution is -0.155. The molecule has 0 unspecified atom stereocenters. The Bertz CT molecular complexity index is 661. The van der Waals surface area contributed by atoms with Crippen molar-refractivity contribution in [2.45, 2.75) is 18.3 Å². The second-order valence-electron chi connectivity index (χ2n) is 5.08. The number of thioether (sulfide) groups is 1. The highest BCUT2D eigenvalue weighted by Gasteiger charge is 2.55. The Morgan fingerprint density at radius 3 is 2.57 bits per heavy atom. The zero-order chi connectivity index (χ0) is 17.0. The predicted octanol–water partition coefficient (Wildman–Crippen LogP) is 0.289. The molecule has 5 nitrogen and oxygen atoms in total. The van der Waals surface area contributed by atoms with Gasteiger partial charge < -0.3 is 4.74 Å². The molecule has 6 heteroatoms. The summed E-state index contributed by atoms with van der Waals surface area (Å²) in [6.45, 7) is 2.24. The van der Waals surface area contributed by atoms with Crippen LogP contribution < -0.4 is 0 Å². The second-order valence-corrected chi connectivity index (χ2v) is 6.18. The number of terminal acetylenes is 3. The maximum Gasteiger partial charge on any atom is 0.356 e. The molecule has 2 heterocycles. The van der Waals surface area contributed by atoms with Crippen molar-refractivity contribution in [2.24, 2.45) is 0 Å². The zero-order valence-electron chi connectivity index (χ0n) is 12.7. The van der Waals surface area contributed by atoms with Crippen LogP contribution in [0.5, 0.6) is 0 Å². The maximum absolute atomic E-state index is 12.6. The molecule has 23 heavy (non-hydrogen) atoms. The van der Waals surface area contributed by atoms with Crippen LogP contribution in [0, 0.1) is 37.0 Å². The molecule has 1 amide bonds. The van der Waals surface area contributed by atoms with E-state index in [9.17, 15) is 9.59 Å². The molecule has 1 saturated heterocycles. The van der Waals surface area contributed by atoms with Gasteiger partial charge in [-0.3, -0.25) is 14.6 Å². The quantitative estimate of drug-likeness (QED) is 0.412. The molecule has 118 valence electrons. The van der Waals surface area contributed by atoms with Gasteiger partial charge in [-0.1, -0.05) is 17.8 Å². The summed E-state index contributed by atoms with van der Waals surface area (Å²) in [5.41, 5.74) is 1.08. The number of carbonyl (C=O) groups excluding carboxylic acids is 2. The standard InChI is InChI=1S/C17H16N2O3S/c1-5-8-18(9-6-2)14-15(20)19-13(17(21)22-10-7-3)12(4)11-23-16(14)19/h1-3,14,16H,8-11H2,4H3/t14-,16-/m1/s1. The largest absolute Gasteiger partial charge is 0.448 e. The molecule has 2 aliphatic heterocycles. The highest BCUT2D eigenvalue weighted by atomic mass is 32.2. The Kier molecular flexibility index (Phi) is 5.40. The smallest absolute Gasteiger partial charge is 0.356 e. The van der Waals surface area contributed by atoms with Gasteiger partial charge in [0.1, 0.15) is 17.1 Å². The van der Waals surface area contributed by atoms with Crippen molar-refractivity contribution >= 4 is 23.6 Å². The van der Waals surface area contributed by atoms with E-state index in [-0.39, 0.29) is 36.7 Å². The molecule has 0 spiro atoms. The van der Waals surface area contributed by atoms with E-state index in [4.69, 9.17) is 24.0 Å². The summed E-state index contributed by atoms with van der Waals surface area (Å²) in [4.78, 5) is 28.0. The third-order valence-corrected chi connectivity index (χ3v) is 5.00. The summed E-state index contributed by atoms with van der Waals surface area (Å²) in [7, 11) is 0. The van der Waals surface area contributed by atoms with Gasteiger partial charge in [-0.2, -0.15) is 0 Å². The van der Waals surface area contributed by atoms with Gasteiger partial charge in [-0.25, -0.2) is 4.79 Å². The Labute approximate surface area is 140 Å². The van der Waals surface area contributed by atoms with E-state index in [2.05, 4.69) is 17.8 Å². The summed E-state index contributed by atoms with van der Waals surface area (Å²) in [6, 6.07) is -0.421. The fourth-order valence-electron chi connectivity index (χ4n) is 2.61. The Morgan fingerprint density at radius 2 is 2.00 bits per heavy atom. The van der Waals surface area contributed by atoms with Gasteiger partial charge in [0.15, 0.2) is 6.61 Å². The van der Waals surface area contributed by atoms with E-state index in [1.165, 1.54) is 4.90 Å². The monoisotopic (exact) mass is 328 g/mol. The molecule has 0 radical (unpaired) electrons.